The Balaban J connectivity index is 1.04. The van der Waals surface area contributed by atoms with Gasteiger partial charge in [0.15, 0.2) is 5.82 Å². The van der Waals surface area contributed by atoms with Gasteiger partial charge in [0.25, 0.3) is 0 Å². The fourth-order valence-electron chi connectivity index (χ4n) is 9.11. The van der Waals surface area contributed by atoms with Crippen molar-refractivity contribution in [2.24, 2.45) is 0 Å². The van der Waals surface area contributed by atoms with Gasteiger partial charge in [-0.05, 0) is 90.0 Å². The Kier molecular flexibility index (Phi) is 17.4. The zero-order valence-electron chi connectivity index (χ0n) is 41.1. The van der Waals surface area contributed by atoms with E-state index in [9.17, 15) is 14.3 Å². The van der Waals surface area contributed by atoms with Crippen LogP contribution in [0.2, 0.25) is 5.02 Å². The van der Waals surface area contributed by atoms with Crippen molar-refractivity contribution in [2.75, 3.05) is 86.5 Å². The van der Waals surface area contributed by atoms with Crippen molar-refractivity contribution >= 4 is 39.1 Å². The number of aromatic nitrogens is 4. The number of benzene rings is 4. The number of rotatable bonds is 18. The first-order valence-electron chi connectivity index (χ1n) is 24.3. The summed E-state index contributed by atoms with van der Waals surface area (Å²) in [5.41, 5.74) is 5.83. The Morgan fingerprint density at radius 1 is 0.863 bits per heavy atom. The van der Waals surface area contributed by atoms with Gasteiger partial charge in [-0.25, -0.2) is 29.1 Å². The highest BCUT2D eigenvalue weighted by Crippen LogP contribution is 2.50. The van der Waals surface area contributed by atoms with Crippen LogP contribution in [0.5, 0.6) is 23.1 Å². The molecule has 6 heterocycles. The highest BCUT2D eigenvalue weighted by atomic mass is 35.5. The molecule has 15 nitrogen and oxygen atoms in total. The van der Waals surface area contributed by atoms with Crippen molar-refractivity contribution in [3.05, 3.63) is 131 Å². The molecule has 1 saturated heterocycles. The van der Waals surface area contributed by atoms with Gasteiger partial charge in [0.2, 0.25) is 12.0 Å². The van der Waals surface area contributed by atoms with E-state index in [0.29, 0.717) is 108 Å². The molecule has 0 spiro atoms. The van der Waals surface area contributed by atoms with Gasteiger partial charge in [-0.15, -0.1) is 11.3 Å². The number of para-hydroxylation sites is 1. The third kappa shape index (κ3) is 12.7. The van der Waals surface area contributed by atoms with Crippen LogP contribution >= 0.6 is 22.9 Å². The highest BCUT2D eigenvalue weighted by Gasteiger charge is 2.30. The third-order valence-electron chi connectivity index (χ3n) is 13.0. The fourth-order valence-corrected chi connectivity index (χ4v) is 10.5. The first kappa shape index (κ1) is 51.6. The molecule has 18 heteroatoms. The Labute approximate surface area is 432 Å². The molecule has 1 fully saturated rings. The molecule has 0 amide bonds. The molecule has 1 N–H and O–H groups in total. The van der Waals surface area contributed by atoms with E-state index in [4.69, 9.17) is 49.7 Å². The molecule has 3 aliphatic rings. The number of carboxylic acid groups (broad SMARTS) is 1. The van der Waals surface area contributed by atoms with Crippen molar-refractivity contribution in [3.8, 4) is 56.1 Å². The molecule has 0 saturated carbocycles. The summed E-state index contributed by atoms with van der Waals surface area (Å²) in [5, 5.41) is 11.9. The number of carboxylic acids is 1. The quantitative estimate of drug-likeness (QED) is 0.0810. The van der Waals surface area contributed by atoms with Crippen molar-refractivity contribution < 1.29 is 47.4 Å². The smallest absolute Gasteiger partial charge is 0.345 e. The Morgan fingerprint density at radius 2 is 1.64 bits per heavy atom. The molecule has 7 aromatic rings. The lowest BCUT2D eigenvalue weighted by atomic mass is 9.96. The Hall–Kier alpha value is -6.31. The molecule has 3 aromatic heterocycles. The van der Waals surface area contributed by atoms with Crippen LogP contribution in [0.25, 0.3) is 43.2 Å². The molecule has 4 aromatic carbocycles. The number of methoxy groups -OCH3 is 2. The topological polar surface area (TPSA) is 160 Å². The second-order valence-corrected chi connectivity index (χ2v) is 19.2. The number of ether oxygens (including phenoxy) is 7. The fraction of sp³-hybridized carbons (Fsp3) is 0.364. The highest BCUT2D eigenvalue weighted by molar-refractivity contribution is 7.22. The van der Waals surface area contributed by atoms with Crippen LogP contribution in [0.1, 0.15) is 28.8 Å². The SMILES string of the molecule is COCCOCCOCCN1CCN(C[C@@H]2CCc3ccc(OCc4ccnc(-c5ccccc5OC)n4)c(c3)C[C@H](C(=O)O)Oc3ncnc4sc(-c5ccc(F)cc5)c(c34)-c3ccc(c(Cl)c3C)O2)CC1. The number of hydrogen-bond acceptors (Lipinski definition) is 15. The summed E-state index contributed by atoms with van der Waals surface area (Å²) in [6.07, 6.45) is 2.53. The zero-order chi connectivity index (χ0) is 50.7. The zero-order valence-corrected chi connectivity index (χ0v) is 42.6. The molecule has 0 aliphatic carbocycles. The van der Waals surface area contributed by atoms with Crippen molar-refractivity contribution in [1.29, 1.82) is 0 Å². The van der Waals surface area contributed by atoms with E-state index >= 15 is 0 Å². The minimum atomic E-state index is -1.40. The van der Waals surface area contributed by atoms with Gasteiger partial charge >= 0.3 is 5.97 Å². The number of nitrogens with zero attached hydrogens (tertiary/aromatic N) is 6. The summed E-state index contributed by atoms with van der Waals surface area (Å²) in [5.74, 6) is 0.652. The number of carbonyl (C=O) groups is 1. The molecule has 4 bridgehead atoms. The lowest BCUT2D eigenvalue weighted by Gasteiger charge is -2.36. The number of thiophene rings is 1. The molecule has 0 radical (unpaired) electrons. The number of aryl methyl sites for hydroxylation is 1. The van der Waals surface area contributed by atoms with Crippen LogP contribution in [-0.4, -0.2) is 140 Å². The van der Waals surface area contributed by atoms with Crippen molar-refractivity contribution in [2.45, 2.75) is 45.0 Å². The first-order chi connectivity index (χ1) is 35.6. The van der Waals surface area contributed by atoms with Gasteiger partial charge < -0.3 is 38.3 Å². The van der Waals surface area contributed by atoms with Gasteiger partial charge in [0.1, 0.15) is 46.9 Å². The molecule has 2 atom stereocenters. The number of fused-ring (bicyclic) bond motifs is 7. The van der Waals surface area contributed by atoms with Crippen LogP contribution in [-0.2, 0) is 38.5 Å². The average molecular weight is 1030 g/mol. The monoisotopic (exact) mass is 1030 g/mol. The largest absolute Gasteiger partial charge is 0.496 e. The van der Waals surface area contributed by atoms with E-state index in [1.807, 2.05) is 61.5 Å². The van der Waals surface area contributed by atoms with E-state index in [1.54, 1.807) is 38.6 Å². The minimum absolute atomic E-state index is 0.0684. The lowest BCUT2D eigenvalue weighted by molar-refractivity contribution is -0.145. The Bertz CT molecular complexity index is 2990. The standard InChI is InChI=1S/C55H58ClFN6O9S/c1-35-42-15-17-46(50(35)56)71-41(32-63-22-20-62(21-23-63)24-25-68-28-29-69-27-26-66-2)14-8-36-9-16-44(70-33-40-18-19-58-52(61-40)43-6-4-5-7-45(43)67-3)38(30-36)31-47(55(64)65)72-53-49-48(42)51(73-54(49)60-34-59-53)37-10-12-39(57)13-11-37/h4-7,9-13,15-19,30,34,41,47H,8,14,20-29,31-33H2,1-3H3,(H,64,65)/t41-,47+/m0/s1. The van der Waals surface area contributed by atoms with Gasteiger partial charge in [-0.1, -0.05) is 54.1 Å². The number of piperazine rings is 1. The minimum Gasteiger partial charge on any atom is -0.496 e. The number of hydrogen-bond donors (Lipinski definition) is 1. The molecule has 0 unspecified atom stereocenters. The van der Waals surface area contributed by atoms with Crippen LogP contribution in [0.4, 0.5) is 4.39 Å². The number of aliphatic carboxylic acids is 1. The summed E-state index contributed by atoms with van der Waals surface area (Å²) in [6, 6.07) is 25.2. The van der Waals surface area contributed by atoms with Gasteiger partial charge in [-0.2, -0.15) is 0 Å². The van der Waals surface area contributed by atoms with E-state index in [1.165, 1.54) is 29.8 Å². The van der Waals surface area contributed by atoms with Crippen LogP contribution in [0, 0.1) is 12.7 Å². The second kappa shape index (κ2) is 24.6. The summed E-state index contributed by atoms with van der Waals surface area (Å²) in [7, 11) is 3.26. The van der Waals surface area contributed by atoms with Crippen LogP contribution in [0.3, 0.4) is 0 Å². The number of halogens is 2. The predicted octanol–water partition coefficient (Wildman–Crippen LogP) is 9.24. The maximum absolute atomic E-state index is 14.4. The molecular formula is C55H58ClFN6O9S. The molecule has 73 heavy (non-hydrogen) atoms. The van der Waals surface area contributed by atoms with Gasteiger partial charge in [-0.3, -0.25) is 9.80 Å². The van der Waals surface area contributed by atoms with Crippen molar-refractivity contribution in [1.82, 2.24) is 29.7 Å². The normalized spacial score (nSPS) is 16.5. The summed E-state index contributed by atoms with van der Waals surface area (Å²) in [6.45, 7) is 9.81. The van der Waals surface area contributed by atoms with E-state index in [0.717, 1.165) is 65.4 Å². The maximum atomic E-state index is 14.4. The van der Waals surface area contributed by atoms with Gasteiger partial charge in [0, 0.05) is 69.4 Å². The average Bonchev–Trinajstić information content (AvgIpc) is 3.80. The second-order valence-electron chi connectivity index (χ2n) is 17.8. The lowest BCUT2D eigenvalue weighted by Crippen LogP contribution is -2.50. The maximum Gasteiger partial charge on any atom is 0.345 e. The van der Waals surface area contributed by atoms with Crippen LogP contribution in [0.15, 0.2) is 97.5 Å². The summed E-state index contributed by atoms with van der Waals surface area (Å²) in [4.78, 5) is 38.0. The summed E-state index contributed by atoms with van der Waals surface area (Å²) < 4.78 is 56.3. The van der Waals surface area contributed by atoms with Gasteiger partial charge in [0.05, 0.1) is 61.8 Å². The summed E-state index contributed by atoms with van der Waals surface area (Å²) >= 11 is 8.72. The molecule has 382 valence electrons. The van der Waals surface area contributed by atoms with E-state index < -0.39 is 12.1 Å². The third-order valence-corrected chi connectivity index (χ3v) is 14.6. The van der Waals surface area contributed by atoms with Crippen molar-refractivity contribution in [3.63, 3.8) is 0 Å². The van der Waals surface area contributed by atoms with E-state index in [2.05, 4.69) is 24.8 Å². The Morgan fingerprint density at radius 3 is 2.44 bits per heavy atom. The van der Waals surface area contributed by atoms with E-state index in [-0.39, 0.29) is 30.8 Å². The first-order valence-corrected chi connectivity index (χ1v) is 25.5. The molecular weight excluding hydrogens is 975 g/mol. The predicted molar refractivity (Wildman–Crippen MR) is 278 cm³/mol. The molecule has 3 aliphatic heterocycles. The molecule has 10 rings (SSSR count). The van der Waals surface area contributed by atoms with Crippen LogP contribution < -0.4 is 18.9 Å².